The van der Waals surface area contributed by atoms with E-state index >= 15 is 0 Å². The zero-order valence-corrected chi connectivity index (χ0v) is 23.9. The number of carbonyl (C=O) groups is 1. The summed E-state index contributed by atoms with van der Waals surface area (Å²) in [6.45, 7) is 4.37. The Kier molecular flexibility index (Phi) is 7.69. The van der Waals surface area contributed by atoms with E-state index in [2.05, 4.69) is 21.3 Å². The molecule has 1 aliphatic rings. The molecule has 0 saturated carbocycles. The van der Waals surface area contributed by atoms with Gasteiger partial charge in [-0.3, -0.25) is 10.2 Å². The molecule has 0 fully saturated rings. The third-order valence-corrected chi connectivity index (χ3v) is 7.93. The van der Waals surface area contributed by atoms with Crippen LogP contribution in [0.5, 0.6) is 11.5 Å². The van der Waals surface area contributed by atoms with E-state index in [9.17, 15) is 4.79 Å². The van der Waals surface area contributed by atoms with Crippen molar-refractivity contribution in [2.75, 3.05) is 48.5 Å². The number of nitrogens with zero attached hydrogens (tertiary/aromatic N) is 4. The standard InChI is InChI=1S/C32H31N5O3S/c1-22-29(40-20-8-19-39-24-9-4-3-5-10-24)16-14-25(33-22)23-13-15-27-28(21-23)37(18-17-36(27)2)32(38)35-31-34-26-11-6-7-12-30(26)41-31/h3-7,9-16,21H,8,17-20H2,1-2H3,(H,34,35,38). The van der Waals surface area contributed by atoms with Gasteiger partial charge in [0, 0.05) is 32.1 Å². The Labute approximate surface area is 243 Å². The van der Waals surface area contributed by atoms with Gasteiger partial charge in [0.15, 0.2) is 5.13 Å². The zero-order chi connectivity index (χ0) is 28.2. The number of carbonyl (C=O) groups excluding carboxylic acids is 1. The molecule has 1 N–H and O–H groups in total. The molecule has 208 valence electrons. The van der Waals surface area contributed by atoms with E-state index < -0.39 is 0 Å². The number of pyridine rings is 1. The molecular formula is C32H31N5O3S. The normalized spacial score (nSPS) is 12.7. The fourth-order valence-corrected chi connectivity index (χ4v) is 5.67. The summed E-state index contributed by atoms with van der Waals surface area (Å²) in [5, 5.41) is 3.60. The van der Waals surface area contributed by atoms with Gasteiger partial charge in [-0.2, -0.15) is 0 Å². The lowest BCUT2D eigenvalue weighted by molar-refractivity contribution is 0.246. The maximum atomic E-state index is 13.4. The lowest BCUT2D eigenvalue weighted by atomic mass is 10.1. The Morgan fingerprint density at radius 3 is 2.54 bits per heavy atom. The van der Waals surface area contributed by atoms with Gasteiger partial charge in [-0.15, -0.1) is 0 Å². The number of amides is 2. The van der Waals surface area contributed by atoms with E-state index in [1.165, 1.54) is 11.3 Å². The summed E-state index contributed by atoms with van der Waals surface area (Å²) in [5.41, 5.74) is 5.28. The molecule has 3 heterocycles. The molecule has 41 heavy (non-hydrogen) atoms. The average Bonchev–Trinajstić information content (AvgIpc) is 3.40. The highest BCUT2D eigenvalue weighted by molar-refractivity contribution is 7.22. The van der Waals surface area contributed by atoms with Gasteiger partial charge in [0.05, 0.1) is 46.2 Å². The molecule has 2 aromatic heterocycles. The predicted octanol–water partition coefficient (Wildman–Crippen LogP) is 7.00. The topological polar surface area (TPSA) is 79.8 Å². The largest absolute Gasteiger partial charge is 0.493 e. The molecule has 5 aromatic rings. The van der Waals surface area contributed by atoms with Crippen molar-refractivity contribution in [3.05, 3.63) is 90.6 Å². The first-order chi connectivity index (χ1) is 20.0. The van der Waals surface area contributed by atoms with Crippen molar-refractivity contribution in [1.82, 2.24) is 9.97 Å². The molecule has 0 unspecified atom stereocenters. The number of urea groups is 1. The lowest BCUT2D eigenvalue weighted by Gasteiger charge is -2.35. The number of likely N-dealkylation sites (N-methyl/N-ethyl adjacent to an activating group) is 1. The molecule has 9 heteroatoms. The fourth-order valence-electron chi connectivity index (χ4n) is 4.82. The highest BCUT2D eigenvalue weighted by Crippen LogP contribution is 2.37. The second-order valence-electron chi connectivity index (χ2n) is 9.84. The third-order valence-electron chi connectivity index (χ3n) is 6.98. The van der Waals surface area contributed by atoms with Gasteiger partial charge in [-0.1, -0.05) is 47.7 Å². The van der Waals surface area contributed by atoms with Gasteiger partial charge in [-0.05, 0) is 55.5 Å². The number of anilines is 3. The minimum absolute atomic E-state index is 0.195. The van der Waals surface area contributed by atoms with E-state index in [0.717, 1.165) is 63.0 Å². The molecule has 0 saturated heterocycles. The van der Waals surface area contributed by atoms with E-state index in [1.807, 2.05) is 92.8 Å². The Hall–Kier alpha value is -4.63. The van der Waals surface area contributed by atoms with Gasteiger partial charge in [0.2, 0.25) is 0 Å². The third kappa shape index (κ3) is 5.95. The molecule has 2 amide bonds. The van der Waals surface area contributed by atoms with Crippen LogP contribution in [0.1, 0.15) is 12.1 Å². The summed E-state index contributed by atoms with van der Waals surface area (Å²) >= 11 is 1.47. The van der Waals surface area contributed by atoms with Crippen molar-refractivity contribution in [3.63, 3.8) is 0 Å². The number of benzene rings is 3. The molecule has 8 nitrogen and oxygen atoms in total. The number of aromatic nitrogens is 2. The van der Waals surface area contributed by atoms with Crippen molar-refractivity contribution in [3.8, 4) is 22.8 Å². The van der Waals surface area contributed by atoms with Crippen LogP contribution in [0.3, 0.4) is 0 Å². The molecular weight excluding hydrogens is 534 g/mol. The number of fused-ring (bicyclic) bond motifs is 2. The van der Waals surface area contributed by atoms with Crippen molar-refractivity contribution in [1.29, 1.82) is 0 Å². The second kappa shape index (κ2) is 11.9. The summed E-state index contributed by atoms with van der Waals surface area (Å²) < 4.78 is 12.8. The Morgan fingerprint density at radius 2 is 1.71 bits per heavy atom. The Morgan fingerprint density at radius 1 is 0.902 bits per heavy atom. The molecule has 0 aliphatic carbocycles. The number of hydrogen-bond acceptors (Lipinski definition) is 7. The molecule has 0 spiro atoms. The fraction of sp³-hybridized carbons (Fsp3) is 0.219. The summed E-state index contributed by atoms with van der Waals surface area (Å²) in [6, 6.07) is 27.5. The van der Waals surface area contributed by atoms with Crippen molar-refractivity contribution in [2.45, 2.75) is 13.3 Å². The van der Waals surface area contributed by atoms with Gasteiger partial charge < -0.3 is 14.4 Å². The predicted molar refractivity (Wildman–Crippen MR) is 166 cm³/mol. The summed E-state index contributed by atoms with van der Waals surface area (Å²) in [5.74, 6) is 1.61. The van der Waals surface area contributed by atoms with E-state index in [-0.39, 0.29) is 6.03 Å². The van der Waals surface area contributed by atoms with Gasteiger partial charge in [-0.25, -0.2) is 14.8 Å². The first kappa shape index (κ1) is 26.6. The number of thiazole rings is 1. The number of nitrogens with one attached hydrogen (secondary N) is 1. The highest BCUT2D eigenvalue weighted by atomic mass is 32.1. The molecule has 1 aliphatic heterocycles. The van der Waals surface area contributed by atoms with Crippen LogP contribution in [0.25, 0.3) is 21.5 Å². The van der Waals surface area contributed by atoms with Gasteiger partial charge >= 0.3 is 6.03 Å². The summed E-state index contributed by atoms with van der Waals surface area (Å²) in [7, 11) is 2.04. The SMILES string of the molecule is Cc1nc(-c2ccc3c(c2)N(C(=O)Nc2nc4ccccc4s2)CCN3C)ccc1OCCCOc1ccccc1. The molecule has 0 atom stereocenters. The highest BCUT2D eigenvalue weighted by Gasteiger charge is 2.26. The maximum Gasteiger partial charge on any atom is 0.328 e. The number of para-hydroxylation sites is 2. The number of hydrogen-bond donors (Lipinski definition) is 1. The first-order valence-corrected chi connectivity index (χ1v) is 14.4. The van der Waals surface area contributed by atoms with Crippen LogP contribution < -0.4 is 24.6 Å². The van der Waals surface area contributed by atoms with Crippen molar-refractivity contribution >= 4 is 44.1 Å². The van der Waals surface area contributed by atoms with E-state index in [1.54, 1.807) is 4.90 Å². The second-order valence-corrected chi connectivity index (χ2v) is 10.9. The van der Waals surface area contributed by atoms with Crippen LogP contribution in [0.4, 0.5) is 21.3 Å². The van der Waals surface area contributed by atoms with E-state index in [0.29, 0.717) is 24.9 Å². The van der Waals surface area contributed by atoms with Crippen LogP contribution in [-0.2, 0) is 0 Å². The maximum absolute atomic E-state index is 13.4. The van der Waals surface area contributed by atoms with Crippen LogP contribution in [-0.4, -0.2) is 49.4 Å². The van der Waals surface area contributed by atoms with E-state index in [4.69, 9.17) is 14.5 Å². The van der Waals surface area contributed by atoms with Crippen LogP contribution in [0.15, 0.2) is 84.9 Å². The van der Waals surface area contributed by atoms with Crippen LogP contribution in [0, 0.1) is 6.92 Å². The molecule has 6 rings (SSSR count). The lowest BCUT2D eigenvalue weighted by Crippen LogP contribution is -2.44. The smallest absolute Gasteiger partial charge is 0.328 e. The summed E-state index contributed by atoms with van der Waals surface area (Å²) in [6.07, 6.45) is 0.767. The summed E-state index contributed by atoms with van der Waals surface area (Å²) in [4.78, 5) is 26.7. The van der Waals surface area contributed by atoms with Gasteiger partial charge in [0.1, 0.15) is 11.5 Å². The monoisotopic (exact) mass is 565 g/mol. The Bertz CT molecular complexity index is 1640. The van der Waals surface area contributed by atoms with Crippen LogP contribution in [0.2, 0.25) is 0 Å². The number of rotatable bonds is 8. The zero-order valence-electron chi connectivity index (χ0n) is 23.0. The number of ether oxygens (including phenoxy) is 2. The minimum Gasteiger partial charge on any atom is -0.493 e. The quantitative estimate of drug-likeness (QED) is 0.204. The Balaban J connectivity index is 1.14. The molecule has 0 radical (unpaired) electrons. The average molecular weight is 566 g/mol. The number of aryl methyl sites for hydroxylation is 1. The molecule has 0 bridgehead atoms. The van der Waals surface area contributed by atoms with Gasteiger partial charge in [0.25, 0.3) is 0 Å². The first-order valence-electron chi connectivity index (χ1n) is 13.6. The molecule has 3 aromatic carbocycles. The van der Waals surface area contributed by atoms with Crippen molar-refractivity contribution < 1.29 is 14.3 Å². The minimum atomic E-state index is -0.195. The van der Waals surface area contributed by atoms with Crippen molar-refractivity contribution in [2.24, 2.45) is 0 Å². The van der Waals surface area contributed by atoms with Crippen LogP contribution >= 0.6 is 11.3 Å².